The highest BCUT2D eigenvalue weighted by atomic mass is 32.1. The van der Waals surface area contributed by atoms with Gasteiger partial charge >= 0.3 is 0 Å². The molecule has 2 aliphatic rings. The Hall–Kier alpha value is -1.99. The predicted octanol–water partition coefficient (Wildman–Crippen LogP) is 2.60. The van der Waals surface area contributed by atoms with Crippen LogP contribution >= 0.6 is 12.2 Å². The second-order valence-corrected chi connectivity index (χ2v) is 7.59. The number of benzene rings is 1. The number of aromatic amines is 1. The standard InChI is InChI=1S/C19H25N5OS/c25-18(16-7-4-12-23(16)13-14-5-2-1-3-6-14)20-11-10-17-21-22-19(26)24(17)15-8-9-15/h1-3,5-6,15-16H,4,7-13H2,(H,20,25)(H,22,26). The maximum absolute atomic E-state index is 12.7. The Labute approximate surface area is 158 Å². The smallest absolute Gasteiger partial charge is 0.237 e. The largest absolute Gasteiger partial charge is 0.354 e. The van der Waals surface area contributed by atoms with Gasteiger partial charge in [0.25, 0.3) is 0 Å². The number of hydrogen-bond acceptors (Lipinski definition) is 4. The summed E-state index contributed by atoms with van der Waals surface area (Å²) in [5, 5.41) is 10.3. The number of rotatable bonds is 7. The first-order valence-corrected chi connectivity index (χ1v) is 9.84. The topological polar surface area (TPSA) is 66.0 Å². The maximum atomic E-state index is 12.7. The number of hydrogen-bond donors (Lipinski definition) is 2. The van der Waals surface area contributed by atoms with E-state index in [4.69, 9.17) is 12.2 Å². The SMILES string of the molecule is O=C(NCCc1n[nH]c(=S)n1C1CC1)C1CCCN1Cc1ccccc1. The highest BCUT2D eigenvalue weighted by Gasteiger charge is 2.31. The van der Waals surface area contributed by atoms with Gasteiger partial charge in [-0.15, -0.1) is 0 Å². The zero-order valence-electron chi connectivity index (χ0n) is 14.9. The zero-order valence-corrected chi connectivity index (χ0v) is 15.7. The first kappa shape index (κ1) is 17.4. The monoisotopic (exact) mass is 371 g/mol. The van der Waals surface area contributed by atoms with Crippen molar-refractivity contribution in [3.63, 3.8) is 0 Å². The van der Waals surface area contributed by atoms with Gasteiger partial charge in [0.2, 0.25) is 5.91 Å². The summed E-state index contributed by atoms with van der Waals surface area (Å²) in [6, 6.07) is 10.8. The van der Waals surface area contributed by atoms with Crippen LogP contribution in [0.1, 0.15) is 43.1 Å². The molecule has 138 valence electrons. The van der Waals surface area contributed by atoms with Crippen molar-refractivity contribution >= 4 is 18.1 Å². The number of carbonyl (C=O) groups is 1. The summed E-state index contributed by atoms with van der Waals surface area (Å²) in [5.74, 6) is 1.08. The molecule has 1 unspecified atom stereocenters. The molecule has 26 heavy (non-hydrogen) atoms. The molecule has 0 bridgehead atoms. The molecule has 2 N–H and O–H groups in total. The summed E-state index contributed by atoms with van der Waals surface area (Å²) in [6.45, 7) is 2.41. The second kappa shape index (κ2) is 7.72. The fraction of sp³-hybridized carbons (Fsp3) is 0.526. The lowest BCUT2D eigenvalue weighted by Gasteiger charge is -2.23. The minimum Gasteiger partial charge on any atom is -0.354 e. The number of amides is 1. The molecule has 1 saturated carbocycles. The van der Waals surface area contributed by atoms with Crippen LogP contribution in [-0.2, 0) is 17.8 Å². The Morgan fingerprint density at radius 1 is 1.27 bits per heavy atom. The second-order valence-electron chi connectivity index (χ2n) is 7.20. The van der Waals surface area contributed by atoms with Crippen LogP contribution in [0.15, 0.2) is 30.3 Å². The van der Waals surface area contributed by atoms with Gasteiger partial charge in [-0.25, -0.2) is 0 Å². The number of carbonyl (C=O) groups excluding carboxylic acids is 1. The third kappa shape index (κ3) is 3.88. The van der Waals surface area contributed by atoms with Gasteiger partial charge in [-0.05, 0) is 50.0 Å². The van der Waals surface area contributed by atoms with Gasteiger partial charge in [0, 0.05) is 25.6 Å². The average Bonchev–Trinajstić information content (AvgIpc) is 3.26. The first-order chi connectivity index (χ1) is 12.7. The Balaban J connectivity index is 1.31. The highest BCUT2D eigenvalue weighted by Crippen LogP contribution is 2.35. The molecule has 1 aromatic heterocycles. The van der Waals surface area contributed by atoms with Crippen LogP contribution in [-0.4, -0.2) is 44.7 Å². The van der Waals surface area contributed by atoms with Crippen molar-refractivity contribution in [2.24, 2.45) is 0 Å². The van der Waals surface area contributed by atoms with Gasteiger partial charge in [-0.1, -0.05) is 30.3 Å². The van der Waals surface area contributed by atoms with Gasteiger partial charge in [-0.3, -0.25) is 14.8 Å². The third-order valence-corrected chi connectivity index (χ3v) is 5.52. The van der Waals surface area contributed by atoms with Crippen molar-refractivity contribution in [2.75, 3.05) is 13.1 Å². The molecule has 0 spiro atoms. The van der Waals surface area contributed by atoms with E-state index in [9.17, 15) is 4.79 Å². The fourth-order valence-corrected chi connectivity index (χ4v) is 4.07. The van der Waals surface area contributed by atoms with Crippen molar-refractivity contribution in [2.45, 2.75) is 50.7 Å². The van der Waals surface area contributed by atoms with E-state index in [0.29, 0.717) is 23.8 Å². The quantitative estimate of drug-likeness (QED) is 0.734. The van der Waals surface area contributed by atoms with E-state index in [-0.39, 0.29) is 11.9 Å². The lowest BCUT2D eigenvalue weighted by atomic mass is 10.1. The van der Waals surface area contributed by atoms with E-state index >= 15 is 0 Å². The maximum Gasteiger partial charge on any atom is 0.237 e. The molecule has 7 heteroatoms. The normalized spacial score (nSPS) is 20.4. The summed E-state index contributed by atoms with van der Waals surface area (Å²) in [4.78, 5) is 14.9. The molecule has 0 radical (unpaired) electrons. The van der Waals surface area contributed by atoms with Crippen molar-refractivity contribution < 1.29 is 4.79 Å². The van der Waals surface area contributed by atoms with Crippen molar-refractivity contribution in [3.05, 3.63) is 46.5 Å². The summed E-state index contributed by atoms with van der Waals surface area (Å²) in [5.41, 5.74) is 1.26. The van der Waals surface area contributed by atoms with Crippen LogP contribution in [0.2, 0.25) is 0 Å². The number of nitrogens with one attached hydrogen (secondary N) is 2. The predicted molar refractivity (Wildman–Crippen MR) is 102 cm³/mol. The van der Waals surface area contributed by atoms with Crippen LogP contribution in [0.3, 0.4) is 0 Å². The molecule has 4 rings (SSSR count). The minimum atomic E-state index is -0.0283. The molecule has 1 aliphatic heterocycles. The molecule has 2 heterocycles. The number of likely N-dealkylation sites (tertiary alicyclic amines) is 1. The van der Waals surface area contributed by atoms with Gasteiger partial charge in [0.05, 0.1) is 6.04 Å². The Bertz CT molecular complexity index is 811. The summed E-state index contributed by atoms with van der Waals surface area (Å²) in [7, 11) is 0. The molecule has 1 saturated heterocycles. The van der Waals surface area contributed by atoms with Crippen LogP contribution in [0.5, 0.6) is 0 Å². The third-order valence-electron chi connectivity index (χ3n) is 5.23. The van der Waals surface area contributed by atoms with E-state index < -0.39 is 0 Å². The number of aromatic nitrogens is 3. The first-order valence-electron chi connectivity index (χ1n) is 9.44. The fourth-order valence-electron chi connectivity index (χ4n) is 3.77. The number of H-pyrrole nitrogens is 1. The van der Waals surface area contributed by atoms with Crippen LogP contribution in [0.25, 0.3) is 0 Å². The van der Waals surface area contributed by atoms with Gasteiger partial charge in [0.15, 0.2) is 4.77 Å². The molecule has 1 aliphatic carbocycles. The van der Waals surface area contributed by atoms with Gasteiger partial charge in [-0.2, -0.15) is 5.10 Å². The Kier molecular flexibility index (Phi) is 5.17. The molecular weight excluding hydrogens is 346 g/mol. The van der Waals surface area contributed by atoms with Gasteiger partial charge < -0.3 is 9.88 Å². The van der Waals surface area contributed by atoms with Crippen molar-refractivity contribution in [3.8, 4) is 0 Å². The summed E-state index contributed by atoms with van der Waals surface area (Å²) < 4.78 is 2.80. The van der Waals surface area contributed by atoms with E-state index in [2.05, 4.69) is 37.1 Å². The molecule has 1 amide bonds. The number of nitrogens with zero attached hydrogens (tertiary/aromatic N) is 3. The van der Waals surface area contributed by atoms with E-state index in [1.807, 2.05) is 18.2 Å². The summed E-state index contributed by atoms with van der Waals surface area (Å²) >= 11 is 5.31. The lowest BCUT2D eigenvalue weighted by molar-refractivity contribution is -0.125. The lowest BCUT2D eigenvalue weighted by Crippen LogP contribution is -2.43. The van der Waals surface area contributed by atoms with Gasteiger partial charge in [0.1, 0.15) is 5.82 Å². The van der Waals surface area contributed by atoms with E-state index in [1.165, 1.54) is 18.4 Å². The van der Waals surface area contributed by atoms with E-state index in [0.717, 1.165) is 31.8 Å². The van der Waals surface area contributed by atoms with Crippen LogP contribution in [0.4, 0.5) is 0 Å². The molecule has 1 atom stereocenters. The Morgan fingerprint density at radius 3 is 2.85 bits per heavy atom. The van der Waals surface area contributed by atoms with Crippen LogP contribution < -0.4 is 5.32 Å². The molecule has 2 fully saturated rings. The molecule has 2 aromatic rings. The van der Waals surface area contributed by atoms with Crippen molar-refractivity contribution in [1.82, 2.24) is 25.0 Å². The Morgan fingerprint density at radius 2 is 2.08 bits per heavy atom. The van der Waals surface area contributed by atoms with Crippen molar-refractivity contribution in [1.29, 1.82) is 0 Å². The van der Waals surface area contributed by atoms with Crippen LogP contribution in [0, 0.1) is 4.77 Å². The zero-order chi connectivity index (χ0) is 17.9. The molecular formula is C19H25N5OS. The molecule has 1 aromatic carbocycles. The molecule has 6 nitrogen and oxygen atoms in total. The minimum absolute atomic E-state index is 0.0283. The summed E-state index contributed by atoms with van der Waals surface area (Å²) in [6.07, 6.45) is 5.05. The average molecular weight is 372 g/mol. The highest BCUT2D eigenvalue weighted by molar-refractivity contribution is 7.71. The van der Waals surface area contributed by atoms with E-state index in [1.54, 1.807) is 0 Å².